The van der Waals surface area contributed by atoms with Gasteiger partial charge in [-0.1, -0.05) is 36.2 Å². The van der Waals surface area contributed by atoms with Crippen molar-refractivity contribution in [2.24, 2.45) is 0 Å². The Kier molecular flexibility index (Phi) is 9.34. The summed E-state index contributed by atoms with van der Waals surface area (Å²) in [5.74, 6) is -1.82. The minimum absolute atomic E-state index is 0.00848. The summed E-state index contributed by atoms with van der Waals surface area (Å²) in [4.78, 5) is 51.3. The van der Waals surface area contributed by atoms with Crippen LogP contribution in [-0.4, -0.2) is 83.2 Å². The van der Waals surface area contributed by atoms with Gasteiger partial charge in [0.25, 0.3) is 5.91 Å². The molecule has 2 aliphatic rings. The Labute approximate surface area is 213 Å². The number of likely N-dealkylation sites (N-methyl/N-ethyl adjacent to an activating group) is 1. The van der Waals surface area contributed by atoms with Crippen molar-refractivity contribution in [2.75, 3.05) is 20.2 Å². The summed E-state index contributed by atoms with van der Waals surface area (Å²) < 4.78 is 5.19. The molecule has 0 spiro atoms. The predicted octanol–water partition coefficient (Wildman–Crippen LogP) is 1.52. The van der Waals surface area contributed by atoms with Crippen LogP contribution in [0.25, 0.3) is 0 Å². The number of hydrogen-bond donors (Lipinski definition) is 3. The van der Waals surface area contributed by atoms with Gasteiger partial charge in [-0.05, 0) is 44.9 Å². The molecule has 1 unspecified atom stereocenters. The highest BCUT2D eigenvalue weighted by Gasteiger charge is 2.44. The van der Waals surface area contributed by atoms with Gasteiger partial charge in [0, 0.05) is 13.0 Å². The van der Waals surface area contributed by atoms with Gasteiger partial charge in [0.05, 0.1) is 27.7 Å². The maximum Gasteiger partial charge on any atom is 0.341 e. The molecule has 3 rings (SSSR count). The third-order valence-electron chi connectivity index (χ3n) is 6.30. The van der Waals surface area contributed by atoms with Crippen LogP contribution < -0.4 is 10.6 Å². The first kappa shape index (κ1) is 27.2. The Bertz CT molecular complexity index is 957. The van der Waals surface area contributed by atoms with E-state index in [-0.39, 0.29) is 33.8 Å². The molecular formula is C23H30Cl2N4O6. The summed E-state index contributed by atoms with van der Waals surface area (Å²) in [5.41, 5.74) is -0.00848. The van der Waals surface area contributed by atoms with E-state index in [1.165, 1.54) is 22.2 Å². The van der Waals surface area contributed by atoms with Gasteiger partial charge >= 0.3 is 5.97 Å². The first-order valence-electron chi connectivity index (χ1n) is 11.6. The zero-order valence-electron chi connectivity index (χ0n) is 19.6. The molecule has 0 aliphatic carbocycles. The number of carbonyl (C=O) groups is 4. The van der Waals surface area contributed by atoms with E-state index in [4.69, 9.17) is 27.9 Å². The number of fused-ring (bicyclic) bond motifs is 1. The molecule has 3 amide bonds. The molecule has 0 bridgehead atoms. The number of esters is 1. The molecule has 0 radical (unpaired) electrons. The number of ether oxygens (including phenoxy) is 1. The third-order valence-corrected chi connectivity index (χ3v) is 6.93. The normalized spacial score (nSPS) is 22.2. The van der Waals surface area contributed by atoms with Crippen molar-refractivity contribution in [3.63, 3.8) is 0 Å². The highest BCUT2D eigenvalue weighted by atomic mass is 35.5. The summed E-state index contributed by atoms with van der Waals surface area (Å²) in [6, 6.07) is 2.37. The lowest BCUT2D eigenvalue weighted by Gasteiger charge is -2.43. The van der Waals surface area contributed by atoms with Crippen molar-refractivity contribution in [3.8, 4) is 0 Å². The number of nitrogens with zero attached hydrogens (tertiary/aromatic N) is 2. The number of benzene rings is 1. The number of nitrogens with one attached hydrogen (secondary N) is 2. The lowest BCUT2D eigenvalue weighted by molar-refractivity contribution is -0.176. The lowest BCUT2D eigenvalue weighted by Crippen LogP contribution is -2.64. The number of carbonyl (C=O) groups excluding carboxylic acids is 4. The average Bonchev–Trinajstić information content (AvgIpc) is 2.96. The monoisotopic (exact) mass is 528 g/mol. The number of hydrogen-bond acceptors (Lipinski definition) is 7. The molecule has 0 saturated carbocycles. The first-order chi connectivity index (χ1) is 16.7. The number of halogens is 2. The number of hydrazine groups is 1. The molecule has 35 heavy (non-hydrogen) atoms. The number of aliphatic hydroxyl groups excluding tert-OH is 1. The second-order valence-electron chi connectivity index (χ2n) is 8.52. The largest absolute Gasteiger partial charge is 0.459 e. The van der Waals surface area contributed by atoms with Crippen molar-refractivity contribution < 1.29 is 29.0 Å². The number of rotatable bonds is 8. The van der Waals surface area contributed by atoms with Gasteiger partial charge in [-0.2, -0.15) is 0 Å². The molecule has 1 aromatic carbocycles. The zero-order valence-corrected chi connectivity index (χ0v) is 21.1. The highest BCUT2D eigenvalue weighted by Crippen LogP contribution is 2.26. The van der Waals surface area contributed by atoms with Crippen molar-refractivity contribution >= 4 is 46.9 Å². The summed E-state index contributed by atoms with van der Waals surface area (Å²) >= 11 is 12.1. The van der Waals surface area contributed by atoms with E-state index in [1.54, 1.807) is 20.0 Å². The molecule has 3 N–H and O–H groups in total. The van der Waals surface area contributed by atoms with E-state index in [2.05, 4.69) is 10.6 Å². The number of amides is 3. The van der Waals surface area contributed by atoms with E-state index >= 15 is 0 Å². The SMILES string of the molecule is CC[C@H](NC(=O)[C@@H]1CCCN2C(=O)CC[C@H](NC)C(=O)N12)C(O)COC(=O)c1c(Cl)cccc1Cl. The van der Waals surface area contributed by atoms with E-state index in [9.17, 15) is 24.3 Å². The Morgan fingerprint density at radius 1 is 1.23 bits per heavy atom. The van der Waals surface area contributed by atoms with Crippen molar-refractivity contribution in [2.45, 2.75) is 63.3 Å². The Balaban J connectivity index is 1.67. The Hall–Kier alpha value is -2.40. The molecule has 1 aromatic rings. The summed E-state index contributed by atoms with van der Waals surface area (Å²) in [7, 11) is 1.64. The number of aliphatic hydroxyl groups is 1. The molecule has 12 heteroatoms. The zero-order chi connectivity index (χ0) is 25.7. The average molecular weight is 529 g/mol. The Morgan fingerprint density at radius 3 is 2.54 bits per heavy atom. The standard InChI is InChI=1S/C23H30Cl2N4O6/c1-3-15(18(30)12-35-23(34)20-13(24)6-4-7-14(20)25)27-21(32)17-8-5-11-28-19(31)10-9-16(26-2)22(33)29(17)28/h4,6-7,15-18,26,30H,3,5,8-12H2,1-2H3,(H,27,32)/t15-,16-,17-,18?/m0/s1. The molecular weight excluding hydrogens is 499 g/mol. The molecule has 0 aromatic heterocycles. The van der Waals surface area contributed by atoms with Gasteiger partial charge in [-0.25, -0.2) is 9.80 Å². The van der Waals surface area contributed by atoms with Gasteiger partial charge < -0.3 is 20.5 Å². The van der Waals surface area contributed by atoms with E-state index in [0.717, 1.165) is 0 Å². The molecule has 2 aliphatic heterocycles. The first-order valence-corrected chi connectivity index (χ1v) is 12.3. The minimum Gasteiger partial charge on any atom is -0.459 e. The highest BCUT2D eigenvalue weighted by molar-refractivity contribution is 6.39. The van der Waals surface area contributed by atoms with E-state index in [0.29, 0.717) is 32.2 Å². The summed E-state index contributed by atoms with van der Waals surface area (Å²) in [6.07, 6.45) is 0.615. The minimum atomic E-state index is -1.22. The maximum atomic E-state index is 13.2. The van der Waals surface area contributed by atoms with Crippen molar-refractivity contribution in [3.05, 3.63) is 33.8 Å². The quantitative estimate of drug-likeness (QED) is 0.436. The smallest absolute Gasteiger partial charge is 0.341 e. The van der Waals surface area contributed by atoms with Crippen LogP contribution in [0.15, 0.2) is 18.2 Å². The fourth-order valence-corrected chi connectivity index (χ4v) is 4.88. The van der Waals surface area contributed by atoms with Crippen molar-refractivity contribution in [1.82, 2.24) is 20.7 Å². The topological polar surface area (TPSA) is 128 Å². The molecule has 192 valence electrons. The molecule has 10 nitrogen and oxygen atoms in total. The van der Waals surface area contributed by atoms with E-state index < -0.39 is 42.7 Å². The lowest BCUT2D eigenvalue weighted by atomic mass is 10.0. The van der Waals surface area contributed by atoms with Crippen LogP contribution in [0, 0.1) is 0 Å². The molecule has 2 heterocycles. The third kappa shape index (κ3) is 6.06. The van der Waals surface area contributed by atoms with Crippen LogP contribution in [0.2, 0.25) is 10.0 Å². The van der Waals surface area contributed by atoms with Crippen LogP contribution in [-0.2, 0) is 19.1 Å². The van der Waals surface area contributed by atoms with Gasteiger partial charge in [-0.15, -0.1) is 0 Å². The van der Waals surface area contributed by atoms with E-state index in [1.807, 2.05) is 0 Å². The van der Waals surface area contributed by atoms with Crippen LogP contribution in [0.4, 0.5) is 0 Å². The predicted molar refractivity (Wildman–Crippen MR) is 129 cm³/mol. The molecule has 4 atom stereocenters. The maximum absolute atomic E-state index is 13.2. The van der Waals surface area contributed by atoms with Crippen LogP contribution >= 0.6 is 23.2 Å². The summed E-state index contributed by atoms with van der Waals surface area (Å²) in [6.45, 7) is 1.72. The van der Waals surface area contributed by atoms with Gasteiger partial charge in [0.15, 0.2) is 0 Å². The van der Waals surface area contributed by atoms with Gasteiger partial charge in [-0.3, -0.25) is 19.4 Å². The van der Waals surface area contributed by atoms with Crippen molar-refractivity contribution in [1.29, 1.82) is 0 Å². The van der Waals surface area contributed by atoms with Gasteiger partial charge in [0.1, 0.15) is 18.8 Å². The van der Waals surface area contributed by atoms with Crippen LogP contribution in [0.5, 0.6) is 0 Å². The molecule has 2 fully saturated rings. The van der Waals surface area contributed by atoms with Crippen LogP contribution in [0.3, 0.4) is 0 Å². The Morgan fingerprint density at radius 2 is 1.91 bits per heavy atom. The van der Waals surface area contributed by atoms with Gasteiger partial charge in [0.2, 0.25) is 11.8 Å². The fourth-order valence-electron chi connectivity index (χ4n) is 4.33. The summed E-state index contributed by atoms with van der Waals surface area (Å²) in [5, 5.41) is 19.2. The second-order valence-corrected chi connectivity index (χ2v) is 9.34. The molecule has 2 saturated heterocycles. The second kappa shape index (κ2) is 12.0. The fraction of sp³-hybridized carbons (Fsp3) is 0.565. The van der Waals surface area contributed by atoms with Crippen LogP contribution in [0.1, 0.15) is 49.4 Å².